The van der Waals surface area contributed by atoms with Crippen LogP contribution < -0.4 is 0 Å². The van der Waals surface area contributed by atoms with E-state index in [1.165, 1.54) is 55.5 Å². The quantitative estimate of drug-likeness (QED) is 0.908. The van der Waals surface area contributed by atoms with E-state index in [1.807, 2.05) is 18.3 Å². The van der Waals surface area contributed by atoms with Crippen molar-refractivity contribution in [2.45, 2.75) is 56.4 Å². The molecule has 3 nitrogen and oxygen atoms in total. The van der Waals surface area contributed by atoms with E-state index < -0.39 is 0 Å². The molecular weight excluding hydrogens is 320 g/mol. The third-order valence-electron chi connectivity index (χ3n) is 7.32. The number of likely N-dealkylation sites (tertiary alicyclic amines) is 1. The maximum Gasteiger partial charge on any atom is 0.115 e. The van der Waals surface area contributed by atoms with E-state index in [1.54, 1.807) is 0 Å². The van der Waals surface area contributed by atoms with Gasteiger partial charge in [-0.15, -0.1) is 0 Å². The zero-order valence-corrected chi connectivity index (χ0v) is 15.4. The molecule has 1 aliphatic heterocycles. The van der Waals surface area contributed by atoms with Crippen molar-refractivity contribution in [1.29, 1.82) is 0 Å². The first-order valence-electron chi connectivity index (χ1n) is 10.2. The van der Waals surface area contributed by atoms with Gasteiger partial charge in [0.15, 0.2) is 0 Å². The minimum absolute atomic E-state index is 0.316. The molecule has 1 saturated carbocycles. The van der Waals surface area contributed by atoms with Gasteiger partial charge in [0.1, 0.15) is 5.75 Å². The van der Waals surface area contributed by atoms with Crippen LogP contribution in [0.1, 0.15) is 48.9 Å². The maximum atomic E-state index is 10.1. The molecule has 2 heterocycles. The molecule has 2 fully saturated rings. The number of nitrogens with zero attached hydrogens (tertiary/aromatic N) is 2. The lowest BCUT2D eigenvalue weighted by Gasteiger charge is -2.59. The van der Waals surface area contributed by atoms with Crippen LogP contribution in [0, 0.1) is 5.92 Å². The summed E-state index contributed by atoms with van der Waals surface area (Å²) < 4.78 is 0. The number of benzene rings is 1. The average molecular weight is 348 g/mol. The Kier molecular flexibility index (Phi) is 4.00. The molecule has 3 atom stereocenters. The Labute approximate surface area is 156 Å². The summed E-state index contributed by atoms with van der Waals surface area (Å²) in [5.74, 6) is 1.20. The monoisotopic (exact) mass is 348 g/mol. The summed E-state index contributed by atoms with van der Waals surface area (Å²) in [7, 11) is 0. The third-order valence-corrected chi connectivity index (χ3v) is 7.32. The molecule has 0 amide bonds. The van der Waals surface area contributed by atoms with Gasteiger partial charge in [0.2, 0.25) is 0 Å². The van der Waals surface area contributed by atoms with Crippen molar-refractivity contribution in [3.8, 4) is 5.75 Å². The second-order valence-electron chi connectivity index (χ2n) is 8.48. The number of aromatic hydroxyl groups is 1. The van der Waals surface area contributed by atoms with Crippen molar-refractivity contribution in [2.75, 3.05) is 13.1 Å². The second kappa shape index (κ2) is 6.38. The molecule has 1 saturated heterocycles. The fraction of sp³-hybridized carbons (Fsp3) is 0.522. The van der Waals surface area contributed by atoms with Gasteiger partial charge in [-0.1, -0.05) is 25.0 Å². The first-order chi connectivity index (χ1) is 12.8. The number of hydrogen-bond donors (Lipinski definition) is 1. The lowest BCUT2D eigenvalue weighted by atomic mass is 9.52. The smallest absolute Gasteiger partial charge is 0.115 e. The van der Waals surface area contributed by atoms with E-state index in [-0.39, 0.29) is 0 Å². The molecule has 1 aromatic heterocycles. The van der Waals surface area contributed by atoms with Crippen LogP contribution >= 0.6 is 0 Å². The van der Waals surface area contributed by atoms with Crippen LogP contribution in [0.3, 0.4) is 0 Å². The minimum Gasteiger partial charge on any atom is -0.508 e. The van der Waals surface area contributed by atoms with Gasteiger partial charge in [0.25, 0.3) is 0 Å². The highest BCUT2D eigenvalue weighted by molar-refractivity contribution is 5.45. The number of piperidine rings is 1. The van der Waals surface area contributed by atoms with Crippen molar-refractivity contribution >= 4 is 0 Å². The standard InChI is InChI=1S/C23H28N2O/c26-19-8-7-17-15-22-20-6-1-3-10-23(20,21(17)16-19)11-14-25(22)13-9-18-5-2-4-12-24-18/h2,4-5,7-8,12,16,20,22,26H,1,3,6,9-11,13-15H2/t20-,22-,23+/m0/s1. The number of rotatable bonds is 3. The van der Waals surface area contributed by atoms with Crippen LogP contribution in [0.25, 0.3) is 0 Å². The van der Waals surface area contributed by atoms with Gasteiger partial charge < -0.3 is 5.11 Å². The maximum absolute atomic E-state index is 10.1. The molecule has 1 N–H and O–H groups in total. The summed E-state index contributed by atoms with van der Waals surface area (Å²) in [6.07, 6.45) is 10.7. The SMILES string of the molecule is Oc1ccc2c(c1)[C@@]13CCCC[C@H]1[C@H](C2)N(CCc1ccccn1)CC3. The highest BCUT2D eigenvalue weighted by atomic mass is 16.3. The molecule has 0 unspecified atom stereocenters. The van der Waals surface area contributed by atoms with E-state index in [9.17, 15) is 5.11 Å². The number of phenols is 1. The van der Waals surface area contributed by atoms with Gasteiger partial charge in [-0.25, -0.2) is 0 Å². The molecule has 3 aliphatic rings. The zero-order valence-electron chi connectivity index (χ0n) is 15.4. The van der Waals surface area contributed by atoms with Crippen molar-refractivity contribution in [2.24, 2.45) is 5.92 Å². The number of hydrogen-bond acceptors (Lipinski definition) is 3. The Bertz CT molecular complexity index is 790. The molecule has 2 bridgehead atoms. The third kappa shape index (κ3) is 2.56. The number of pyridine rings is 1. The molecule has 2 aliphatic carbocycles. The highest BCUT2D eigenvalue weighted by Gasteiger charge is 2.53. The summed E-state index contributed by atoms with van der Waals surface area (Å²) >= 11 is 0. The predicted octanol–water partition coefficient (Wildman–Crippen LogP) is 4.09. The number of aromatic nitrogens is 1. The molecule has 1 aromatic carbocycles. The van der Waals surface area contributed by atoms with Crippen LogP contribution in [0.4, 0.5) is 0 Å². The van der Waals surface area contributed by atoms with Gasteiger partial charge in [-0.05, 0) is 73.5 Å². The predicted molar refractivity (Wildman–Crippen MR) is 103 cm³/mol. The lowest BCUT2D eigenvalue weighted by molar-refractivity contribution is -0.0107. The Morgan fingerprint density at radius 2 is 2.12 bits per heavy atom. The first kappa shape index (κ1) is 16.3. The molecule has 0 radical (unpaired) electrons. The van der Waals surface area contributed by atoms with E-state index >= 15 is 0 Å². The van der Waals surface area contributed by atoms with Crippen LogP contribution in [-0.2, 0) is 18.3 Å². The normalized spacial score (nSPS) is 30.5. The summed E-state index contributed by atoms with van der Waals surface area (Å²) in [6.45, 7) is 2.30. The van der Waals surface area contributed by atoms with Crippen LogP contribution in [0.2, 0.25) is 0 Å². The van der Waals surface area contributed by atoms with Gasteiger partial charge in [-0.2, -0.15) is 0 Å². The average Bonchev–Trinajstić information content (AvgIpc) is 2.69. The Hall–Kier alpha value is -1.87. The van der Waals surface area contributed by atoms with Crippen molar-refractivity contribution in [1.82, 2.24) is 9.88 Å². The Balaban J connectivity index is 1.45. The van der Waals surface area contributed by atoms with E-state index in [2.05, 4.69) is 34.1 Å². The zero-order chi connectivity index (χ0) is 17.6. The molecule has 136 valence electrons. The van der Waals surface area contributed by atoms with E-state index in [0.29, 0.717) is 17.2 Å². The summed E-state index contributed by atoms with van der Waals surface area (Å²) in [4.78, 5) is 7.26. The lowest BCUT2D eigenvalue weighted by Crippen LogP contribution is -2.61. The van der Waals surface area contributed by atoms with Gasteiger partial charge in [0.05, 0.1) is 0 Å². The molecule has 26 heavy (non-hydrogen) atoms. The molecular formula is C23H28N2O. The minimum atomic E-state index is 0.316. The highest BCUT2D eigenvalue weighted by Crippen LogP contribution is 2.56. The Morgan fingerprint density at radius 3 is 3.00 bits per heavy atom. The summed E-state index contributed by atoms with van der Waals surface area (Å²) in [5, 5.41) is 10.1. The number of phenolic OH excluding ortho intramolecular Hbond substituents is 1. The second-order valence-corrected chi connectivity index (χ2v) is 8.48. The van der Waals surface area contributed by atoms with Crippen LogP contribution in [0.15, 0.2) is 42.6 Å². The van der Waals surface area contributed by atoms with Crippen LogP contribution in [0.5, 0.6) is 5.75 Å². The number of fused-ring (bicyclic) bond motifs is 1. The van der Waals surface area contributed by atoms with Crippen molar-refractivity contribution in [3.05, 3.63) is 59.4 Å². The van der Waals surface area contributed by atoms with Crippen molar-refractivity contribution < 1.29 is 5.11 Å². The summed E-state index contributed by atoms with van der Waals surface area (Å²) in [6, 6.07) is 13.0. The largest absolute Gasteiger partial charge is 0.508 e. The molecule has 3 heteroatoms. The fourth-order valence-electron chi connectivity index (χ4n) is 6.15. The fourth-order valence-corrected chi connectivity index (χ4v) is 6.15. The van der Waals surface area contributed by atoms with E-state index in [0.717, 1.165) is 25.3 Å². The van der Waals surface area contributed by atoms with Gasteiger partial charge in [0, 0.05) is 36.3 Å². The molecule has 5 rings (SSSR count). The first-order valence-corrected chi connectivity index (χ1v) is 10.2. The van der Waals surface area contributed by atoms with E-state index in [4.69, 9.17) is 0 Å². The molecule has 2 aromatic rings. The molecule has 0 spiro atoms. The van der Waals surface area contributed by atoms with Crippen molar-refractivity contribution in [3.63, 3.8) is 0 Å². The topological polar surface area (TPSA) is 36.4 Å². The van der Waals surface area contributed by atoms with Gasteiger partial charge in [-0.3, -0.25) is 9.88 Å². The summed E-state index contributed by atoms with van der Waals surface area (Å²) in [5.41, 5.74) is 4.47. The van der Waals surface area contributed by atoms with Gasteiger partial charge >= 0.3 is 0 Å². The Morgan fingerprint density at radius 1 is 1.15 bits per heavy atom. The van der Waals surface area contributed by atoms with Crippen LogP contribution in [-0.4, -0.2) is 34.1 Å².